The van der Waals surface area contributed by atoms with Gasteiger partial charge in [-0.3, -0.25) is 9.59 Å². The van der Waals surface area contributed by atoms with Gasteiger partial charge in [0.2, 0.25) is 11.8 Å². The third-order valence-electron chi connectivity index (χ3n) is 6.18. The van der Waals surface area contributed by atoms with E-state index in [1.54, 1.807) is 0 Å². The number of hydrogen-bond donors (Lipinski definition) is 3. The van der Waals surface area contributed by atoms with E-state index in [1.807, 2.05) is 0 Å². The molecule has 1 aliphatic heterocycles. The average molecular weight is 470 g/mol. The highest BCUT2D eigenvalue weighted by molar-refractivity contribution is 5.92. The summed E-state index contributed by atoms with van der Waals surface area (Å²) in [7, 11) is 2.60. The molecule has 9 nitrogen and oxygen atoms in total. The molecule has 0 aromatic carbocycles. The summed E-state index contributed by atoms with van der Waals surface area (Å²) in [5.74, 6) is -2.95. The van der Waals surface area contributed by atoms with Crippen molar-refractivity contribution < 1.29 is 28.7 Å². The Morgan fingerprint density at radius 3 is 1.45 bits per heavy atom. The highest BCUT2D eigenvalue weighted by Crippen LogP contribution is 2.19. The van der Waals surface area contributed by atoms with Gasteiger partial charge < -0.3 is 25.4 Å². The number of carbonyl (C=O) groups is 4. The maximum atomic E-state index is 13.0. The Labute approximate surface area is 198 Å². The molecule has 0 spiro atoms. The monoisotopic (exact) mass is 469 g/mol. The van der Waals surface area contributed by atoms with E-state index in [2.05, 4.69) is 29.8 Å². The van der Waals surface area contributed by atoms with E-state index in [0.29, 0.717) is 25.9 Å². The maximum absolute atomic E-state index is 13.0. The van der Waals surface area contributed by atoms with Gasteiger partial charge in [-0.25, -0.2) is 9.59 Å². The summed E-state index contributed by atoms with van der Waals surface area (Å²) in [6, 6.07) is -1.46. The van der Waals surface area contributed by atoms with E-state index in [4.69, 9.17) is 9.47 Å². The molecule has 0 aromatic rings. The molecule has 4 atom stereocenters. The topological polar surface area (TPSA) is 123 Å². The van der Waals surface area contributed by atoms with Crippen molar-refractivity contribution in [3.8, 4) is 0 Å². The van der Waals surface area contributed by atoms with Crippen molar-refractivity contribution in [1.29, 1.82) is 0 Å². The molecule has 0 aromatic heterocycles. The van der Waals surface area contributed by atoms with Gasteiger partial charge in [0.25, 0.3) is 0 Å². The predicted octanol–water partition coefficient (Wildman–Crippen LogP) is 2.08. The summed E-state index contributed by atoms with van der Waals surface area (Å²) in [5, 5.41) is 8.65. The first-order chi connectivity index (χ1) is 15.9. The molecule has 0 radical (unpaired) electrons. The molecular formula is C24H43N3O6. The number of nitrogens with one attached hydrogen (secondary N) is 3. The molecule has 9 heteroatoms. The average Bonchev–Trinajstić information content (AvgIpc) is 3.32. The number of carbonyl (C=O) groups excluding carboxylic acids is 4. The second-order valence-corrected chi connectivity index (χ2v) is 8.74. The fourth-order valence-electron chi connectivity index (χ4n) is 4.12. The van der Waals surface area contributed by atoms with Crippen LogP contribution in [0.3, 0.4) is 0 Å². The van der Waals surface area contributed by atoms with Gasteiger partial charge in [-0.1, -0.05) is 65.2 Å². The molecule has 0 aliphatic carbocycles. The minimum absolute atomic E-state index is 0.326. The molecule has 190 valence electrons. The van der Waals surface area contributed by atoms with E-state index in [9.17, 15) is 19.2 Å². The summed E-state index contributed by atoms with van der Waals surface area (Å²) in [5.41, 5.74) is 0. The fraction of sp³-hybridized carbons (Fsp3) is 0.833. The number of unbranched alkanes of at least 4 members (excludes halogenated alkanes) is 6. The van der Waals surface area contributed by atoms with Gasteiger partial charge in [0.1, 0.15) is 12.1 Å². The minimum atomic E-state index is -0.731. The minimum Gasteiger partial charge on any atom is -0.467 e. The van der Waals surface area contributed by atoms with E-state index in [1.165, 1.54) is 14.2 Å². The first-order valence-electron chi connectivity index (χ1n) is 12.4. The molecule has 0 bridgehead atoms. The first kappa shape index (κ1) is 28.9. The largest absolute Gasteiger partial charge is 0.467 e. The van der Waals surface area contributed by atoms with Crippen molar-refractivity contribution in [3.05, 3.63) is 0 Å². The Balaban J connectivity index is 2.74. The maximum Gasteiger partial charge on any atom is 0.328 e. The van der Waals surface area contributed by atoms with E-state index in [0.717, 1.165) is 51.4 Å². The molecule has 1 rings (SSSR count). The predicted molar refractivity (Wildman–Crippen MR) is 125 cm³/mol. The standard InChI is InChI=1S/C24H43N3O6/c1-5-7-9-11-13-19(23(30)32-3)26-21(28)17-15-25-16-18(17)22(29)27-20(24(31)33-4)14-12-10-8-6-2/h17-20,25H,5-16H2,1-4H3,(H,26,28)(H,27,29)/t17-,18-,19-,20-/m0/s1. The normalized spacial score (nSPS) is 19.4. The highest BCUT2D eigenvalue weighted by Gasteiger charge is 2.40. The second-order valence-electron chi connectivity index (χ2n) is 8.74. The molecular weight excluding hydrogens is 426 g/mol. The molecule has 1 fully saturated rings. The third-order valence-corrected chi connectivity index (χ3v) is 6.18. The summed E-state index contributed by atoms with van der Waals surface area (Å²) in [6.07, 6.45) is 8.84. The van der Waals surface area contributed by atoms with Crippen LogP contribution in [0.5, 0.6) is 0 Å². The van der Waals surface area contributed by atoms with Crippen molar-refractivity contribution >= 4 is 23.8 Å². The Kier molecular flexibility index (Phi) is 14.4. The van der Waals surface area contributed by atoms with Gasteiger partial charge in [0.05, 0.1) is 26.1 Å². The van der Waals surface area contributed by atoms with Crippen LogP contribution in [0.15, 0.2) is 0 Å². The summed E-state index contributed by atoms with van der Waals surface area (Å²) < 4.78 is 9.71. The zero-order chi connectivity index (χ0) is 24.6. The van der Waals surface area contributed by atoms with Crippen LogP contribution in [0.25, 0.3) is 0 Å². The zero-order valence-corrected chi connectivity index (χ0v) is 20.7. The van der Waals surface area contributed by atoms with Crippen LogP contribution in [0.1, 0.15) is 78.1 Å². The van der Waals surface area contributed by atoms with Crippen LogP contribution >= 0.6 is 0 Å². The molecule has 33 heavy (non-hydrogen) atoms. The zero-order valence-electron chi connectivity index (χ0n) is 20.7. The lowest BCUT2D eigenvalue weighted by atomic mass is 9.93. The molecule has 1 heterocycles. The lowest BCUT2D eigenvalue weighted by Crippen LogP contribution is -2.50. The van der Waals surface area contributed by atoms with Crippen LogP contribution < -0.4 is 16.0 Å². The molecule has 3 N–H and O–H groups in total. The van der Waals surface area contributed by atoms with E-state index < -0.39 is 35.9 Å². The van der Waals surface area contributed by atoms with Crippen molar-refractivity contribution in [2.24, 2.45) is 11.8 Å². The fourth-order valence-corrected chi connectivity index (χ4v) is 4.12. The van der Waals surface area contributed by atoms with Crippen LogP contribution in [0.2, 0.25) is 0 Å². The Morgan fingerprint density at radius 1 is 0.727 bits per heavy atom. The highest BCUT2D eigenvalue weighted by atomic mass is 16.5. The van der Waals surface area contributed by atoms with E-state index in [-0.39, 0.29) is 11.8 Å². The first-order valence-corrected chi connectivity index (χ1v) is 12.4. The van der Waals surface area contributed by atoms with Crippen molar-refractivity contribution in [2.45, 2.75) is 90.1 Å². The van der Waals surface area contributed by atoms with Crippen LogP contribution in [-0.2, 0) is 28.7 Å². The SMILES string of the molecule is CCCCCC[C@H](NC(=O)[C@H]1CNC[C@@H]1C(=O)N[C@@H](CCCCCC)C(=O)OC)C(=O)OC. The smallest absolute Gasteiger partial charge is 0.328 e. The van der Waals surface area contributed by atoms with Crippen molar-refractivity contribution in [1.82, 2.24) is 16.0 Å². The molecule has 0 unspecified atom stereocenters. The van der Waals surface area contributed by atoms with Crippen LogP contribution in [0, 0.1) is 11.8 Å². The van der Waals surface area contributed by atoms with Gasteiger partial charge in [0.15, 0.2) is 0 Å². The van der Waals surface area contributed by atoms with Gasteiger partial charge in [-0.05, 0) is 12.8 Å². The lowest BCUT2D eigenvalue weighted by molar-refractivity contribution is -0.147. The Bertz CT molecular complexity index is 575. The van der Waals surface area contributed by atoms with Crippen LogP contribution in [-0.4, -0.2) is 63.1 Å². The molecule has 1 aliphatic rings. The third kappa shape index (κ3) is 10.1. The summed E-state index contributed by atoms with van der Waals surface area (Å²) in [4.78, 5) is 50.3. The number of amides is 2. The second kappa shape index (κ2) is 16.5. The Morgan fingerprint density at radius 2 is 1.12 bits per heavy atom. The number of hydrogen-bond acceptors (Lipinski definition) is 7. The number of ether oxygens (including phenoxy) is 2. The van der Waals surface area contributed by atoms with Gasteiger partial charge in [0, 0.05) is 13.1 Å². The quantitative estimate of drug-likeness (QED) is 0.234. The van der Waals surface area contributed by atoms with Gasteiger partial charge in [-0.2, -0.15) is 0 Å². The lowest BCUT2D eigenvalue weighted by Gasteiger charge is -2.23. The van der Waals surface area contributed by atoms with Crippen LogP contribution in [0.4, 0.5) is 0 Å². The van der Waals surface area contributed by atoms with Crippen molar-refractivity contribution in [3.63, 3.8) is 0 Å². The van der Waals surface area contributed by atoms with Crippen molar-refractivity contribution in [2.75, 3.05) is 27.3 Å². The van der Waals surface area contributed by atoms with E-state index >= 15 is 0 Å². The van der Waals surface area contributed by atoms with Gasteiger partial charge >= 0.3 is 11.9 Å². The number of esters is 2. The van der Waals surface area contributed by atoms with Gasteiger partial charge in [-0.15, -0.1) is 0 Å². The summed E-state index contributed by atoms with van der Waals surface area (Å²) in [6.45, 7) is 4.86. The Hall–Kier alpha value is -2.16. The molecule has 0 saturated carbocycles. The summed E-state index contributed by atoms with van der Waals surface area (Å²) >= 11 is 0. The molecule has 1 saturated heterocycles. The number of rotatable bonds is 16. The number of methoxy groups -OCH3 is 2. The molecule has 2 amide bonds.